The number of amides is 1. The fraction of sp³-hybridized carbons (Fsp3) is 0.471. The normalized spacial score (nSPS) is 20.3. The Morgan fingerprint density at radius 1 is 0.957 bits per heavy atom. The van der Waals surface area contributed by atoms with E-state index in [1.165, 1.54) is 17.0 Å². The molecule has 5 aliphatic rings. The van der Waals surface area contributed by atoms with Gasteiger partial charge >= 0.3 is 0 Å². The van der Waals surface area contributed by atoms with Gasteiger partial charge < -0.3 is 40.2 Å². The van der Waals surface area contributed by atoms with Crippen molar-refractivity contribution in [1.29, 1.82) is 0 Å². The van der Waals surface area contributed by atoms with Gasteiger partial charge in [0.25, 0.3) is 11.5 Å². The largest absolute Gasteiger partial charge is 0.395 e. The van der Waals surface area contributed by atoms with E-state index in [1.807, 2.05) is 18.2 Å². The lowest BCUT2D eigenvalue weighted by Gasteiger charge is -2.38. The van der Waals surface area contributed by atoms with E-state index in [0.29, 0.717) is 43.3 Å². The number of nitrogens with one attached hydrogen (secondary N) is 3. The summed E-state index contributed by atoms with van der Waals surface area (Å²) < 4.78 is 3.75. The van der Waals surface area contributed by atoms with E-state index in [4.69, 9.17) is 0 Å². The Balaban J connectivity index is 1.12. The van der Waals surface area contributed by atoms with Gasteiger partial charge in [0.05, 0.1) is 19.8 Å². The van der Waals surface area contributed by atoms with Crippen LogP contribution in [0.4, 0.5) is 5.69 Å². The number of aryl methyl sites for hydroxylation is 2. The van der Waals surface area contributed by atoms with Crippen molar-refractivity contribution < 1.29 is 15.0 Å². The van der Waals surface area contributed by atoms with Crippen LogP contribution in [0.3, 0.4) is 0 Å². The van der Waals surface area contributed by atoms with E-state index < -0.39 is 0 Å². The average molecular weight is 629 g/mol. The van der Waals surface area contributed by atoms with Gasteiger partial charge in [-0.2, -0.15) is 0 Å². The molecule has 244 valence electrons. The molecule has 46 heavy (non-hydrogen) atoms. The minimum absolute atomic E-state index is 0.0482. The third-order valence-electron chi connectivity index (χ3n) is 9.89. The third kappa shape index (κ3) is 5.65. The van der Waals surface area contributed by atoms with Gasteiger partial charge in [0.15, 0.2) is 0 Å². The number of aliphatic hydroxyl groups is 2. The number of pyridine rings is 1. The lowest BCUT2D eigenvalue weighted by molar-refractivity contribution is 0.0745. The highest BCUT2D eigenvalue weighted by atomic mass is 16.3. The minimum atomic E-state index is -0.254. The highest BCUT2D eigenvalue weighted by Crippen LogP contribution is 2.33. The van der Waals surface area contributed by atoms with Crippen LogP contribution < -0.4 is 21.5 Å². The van der Waals surface area contributed by atoms with Crippen molar-refractivity contribution in [2.24, 2.45) is 7.05 Å². The number of allylic oxidation sites excluding steroid dienone is 2. The molecule has 0 saturated carbocycles. The zero-order chi connectivity index (χ0) is 31.8. The Morgan fingerprint density at radius 2 is 1.78 bits per heavy atom. The third-order valence-corrected chi connectivity index (χ3v) is 9.89. The predicted octanol–water partition coefficient (Wildman–Crippen LogP) is 0.762. The maximum atomic E-state index is 13.8. The molecule has 2 aromatic heterocycles. The smallest absolute Gasteiger partial charge is 0.276 e. The quantitative estimate of drug-likeness (QED) is 0.288. The molecule has 12 nitrogen and oxygen atoms in total. The molecular formula is C34H44N8O4. The monoisotopic (exact) mass is 628 g/mol. The van der Waals surface area contributed by atoms with Crippen molar-refractivity contribution in [3.8, 4) is 0 Å². The Labute approximate surface area is 269 Å². The van der Waals surface area contributed by atoms with Gasteiger partial charge in [-0.05, 0) is 61.1 Å². The highest BCUT2D eigenvalue weighted by Gasteiger charge is 2.33. The zero-order valence-electron chi connectivity index (χ0n) is 26.5. The second kappa shape index (κ2) is 12.9. The second-order valence-corrected chi connectivity index (χ2v) is 12.6. The number of β-amino-alcohol motifs (C(OH)–C–C–N with tert-alkyl or cyclic N) is 1. The number of hydrogen-bond acceptors (Lipinski definition) is 9. The molecule has 4 aliphatic heterocycles. The zero-order valence-corrected chi connectivity index (χ0v) is 26.5. The summed E-state index contributed by atoms with van der Waals surface area (Å²) in [7, 11) is 1.73. The van der Waals surface area contributed by atoms with Crippen LogP contribution in [0.5, 0.6) is 0 Å². The first-order valence-corrected chi connectivity index (χ1v) is 16.5. The number of carbonyl (C=O) groups is 1. The first-order chi connectivity index (χ1) is 22.4. The Kier molecular flexibility index (Phi) is 8.50. The second-order valence-electron chi connectivity index (χ2n) is 12.6. The van der Waals surface area contributed by atoms with Crippen LogP contribution in [0.2, 0.25) is 0 Å². The number of rotatable bonds is 8. The molecule has 0 unspecified atom stereocenters. The first kappa shape index (κ1) is 30.4. The molecule has 5 N–H and O–H groups in total. The topological polar surface area (TPSA) is 130 Å². The van der Waals surface area contributed by atoms with Crippen LogP contribution in [0.1, 0.15) is 40.2 Å². The molecule has 6 heterocycles. The molecule has 7 rings (SSSR count). The van der Waals surface area contributed by atoms with E-state index in [-0.39, 0.29) is 24.7 Å². The Hall–Kier alpha value is -4.26. The predicted molar refractivity (Wildman–Crippen MR) is 177 cm³/mol. The number of aliphatic hydroxyl groups excluding tert-OH is 2. The SMILES string of the molecule is Cn1cc(C2=CCNC(N3CCn4c(cc5c4CCCC5)C3=O)=C2CO)cc(NC2=CC=C(N3CCN(CCO)CC3)CN2)c1=O. The number of fused-ring (bicyclic) bond motifs is 3. The fourth-order valence-corrected chi connectivity index (χ4v) is 7.45. The van der Waals surface area contributed by atoms with E-state index in [0.717, 1.165) is 81.1 Å². The maximum Gasteiger partial charge on any atom is 0.276 e. The number of hydrogen-bond donors (Lipinski definition) is 5. The standard InChI is InChI=1S/C34H44N8O4/c1-38-21-24(18-28(33(38)45)37-31-7-6-25(20-36-31)40-12-10-39(11-13-40)16-17-43)26-8-9-35-32(27(26)22-44)42-15-14-41-29-5-3-2-4-23(29)19-30(41)34(42)46/h6-8,18-19,21,35-37,43-44H,2-5,9-17,20,22H2,1H3. The van der Waals surface area contributed by atoms with Crippen molar-refractivity contribution in [3.05, 3.63) is 92.3 Å². The number of anilines is 1. The molecule has 1 amide bonds. The van der Waals surface area contributed by atoms with Crippen LogP contribution in [0.25, 0.3) is 5.57 Å². The van der Waals surface area contributed by atoms with Crippen LogP contribution in [0, 0.1) is 0 Å². The van der Waals surface area contributed by atoms with Crippen LogP contribution >= 0.6 is 0 Å². The summed E-state index contributed by atoms with van der Waals surface area (Å²) in [5, 5.41) is 30.0. The van der Waals surface area contributed by atoms with E-state index >= 15 is 0 Å². The van der Waals surface area contributed by atoms with E-state index in [2.05, 4.69) is 42.5 Å². The molecule has 1 fully saturated rings. The van der Waals surface area contributed by atoms with Crippen LogP contribution in [-0.2, 0) is 26.4 Å². The van der Waals surface area contributed by atoms with Gasteiger partial charge in [-0.25, -0.2) is 0 Å². The van der Waals surface area contributed by atoms with E-state index in [1.54, 1.807) is 22.7 Å². The molecule has 0 atom stereocenters. The first-order valence-electron chi connectivity index (χ1n) is 16.5. The lowest BCUT2D eigenvalue weighted by Crippen LogP contribution is -2.48. The fourth-order valence-electron chi connectivity index (χ4n) is 7.45. The number of nitrogens with zero attached hydrogens (tertiary/aromatic N) is 5. The van der Waals surface area contributed by atoms with Gasteiger partial charge in [-0.1, -0.05) is 6.08 Å². The molecule has 1 saturated heterocycles. The molecule has 1 aliphatic carbocycles. The Bertz CT molecular complexity index is 1710. The molecule has 0 aromatic carbocycles. The summed E-state index contributed by atoms with van der Waals surface area (Å²) in [6, 6.07) is 3.89. The van der Waals surface area contributed by atoms with Gasteiger partial charge in [-0.3, -0.25) is 19.4 Å². The van der Waals surface area contributed by atoms with Gasteiger partial charge in [0.2, 0.25) is 0 Å². The summed E-state index contributed by atoms with van der Waals surface area (Å²) in [4.78, 5) is 33.4. The molecule has 0 radical (unpaired) electrons. The summed E-state index contributed by atoms with van der Waals surface area (Å²) in [6.07, 6.45) is 12.2. The van der Waals surface area contributed by atoms with Crippen molar-refractivity contribution in [1.82, 2.24) is 34.5 Å². The van der Waals surface area contributed by atoms with Crippen molar-refractivity contribution in [3.63, 3.8) is 0 Å². The van der Waals surface area contributed by atoms with Gasteiger partial charge in [-0.15, -0.1) is 0 Å². The summed E-state index contributed by atoms with van der Waals surface area (Å²) in [6.45, 7) is 6.72. The lowest BCUT2D eigenvalue weighted by atomic mass is 9.96. The van der Waals surface area contributed by atoms with Crippen molar-refractivity contribution in [2.45, 2.75) is 32.2 Å². The molecule has 2 aromatic rings. The van der Waals surface area contributed by atoms with Crippen LogP contribution in [0.15, 0.2) is 64.3 Å². The van der Waals surface area contributed by atoms with Gasteiger partial charge in [0.1, 0.15) is 23.0 Å². The van der Waals surface area contributed by atoms with Crippen molar-refractivity contribution >= 4 is 17.2 Å². The maximum absolute atomic E-state index is 13.8. The highest BCUT2D eigenvalue weighted by molar-refractivity contribution is 5.96. The van der Waals surface area contributed by atoms with Crippen molar-refractivity contribution in [2.75, 3.05) is 70.9 Å². The molecule has 0 bridgehead atoms. The number of carbonyl (C=O) groups excluding carboxylic acids is 1. The Morgan fingerprint density at radius 3 is 2.54 bits per heavy atom. The molecule has 12 heteroatoms. The summed E-state index contributed by atoms with van der Waals surface area (Å²) in [5.41, 5.74) is 6.99. The minimum Gasteiger partial charge on any atom is -0.395 e. The number of piperazine rings is 1. The van der Waals surface area contributed by atoms with Crippen LogP contribution in [-0.4, -0.2) is 106 Å². The van der Waals surface area contributed by atoms with E-state index in [9.17, 15) is 19.8 Å². The number of dihydropyridines is 2. The number of aromatic nitrogens is 2. The molecular weight excluding hydrogens is 584 g/mol. The summed E-state index contributed by atoms with van der Waals surface area (Å²) in [5.74, 6) is 1.32. The molecule has 0 spiro atoms. The average Bonchev–Trinajstić information content (AvgIpc) is 3.47. The summed E-state index contributed by atoms with van der Waals surface area (Å²) >= 11 is 0. The van der Waals surface area contributed by atoms with Gasteiger partial charge in [0, 0.05) is 88.1 Å².